The van der Waals surface area contributed by atoms with Crippen molar-refractivity contribution in [2.45, 2.75) is 76.1 Å². The van der Waals surface area contributed by atoms with Crippen molar-refractivity contribution in [1.29, 1.82) is 0 Å². The Morgan fingerprint density at radius 3 is 2.24 bits per heavy atom. The minimum absolute atomic E-state index is 0.0148. The highest BCUT2D eigenvalue weighted by atomic mass is 32.2. The zero-order chi connectivity index (χ0) is 24.9. The van der Waals surface area contributed by atoms with Crippen molar-refractivity contribution in [3.63, 3.8) is 0 Å². The molecule has 3 aliphatic carbocycles. The topological polar surface area (TPSA) is 85.2 Å². The molecule has 1 heterocycles. The van der Waals surface area contributed by atoms with E-state index in [1.807, 2.05) is 0 Å². The van der Waals surface area contributed by atoms with Crippen LogP contribution in [-0.4, -0.2) is 36.4 Å². The van der Waals surface area contributed by atoms with Gasteiger partial charge in [-0.25, -0.2) is 8.42 Å². The Balaban J connectivity index is 1.47. The Hall–Kier alpha value is -1.84. The van der Waals surface area contributed by atoms with Crippen molar-refractivity contribution in [1.82, 2.24) is 9.88 Å². The van der Waals surface area contributed by atoms with Crippen molar-refractivity contribution in [2.75, 3.05) is 12.3 Å². The monoisotopic (exact) mass is 502 g/mol. The molecule has 1 amide bonds. The summed E-state index contributed by atoms with van der Waals surface area (Å²) in [6.07, 6.45) is 2.93. The lowest BCUT2D eigenvalue weighted by Crippen LogP contribution is -2.44. The summed E-state index contributed by atoms with van der Waals surface area (Å²) in [6, 6.07) is 0.826. The Morgan fingerprint density at radius 1 is 1.12 bits per heavy atom. The number of carbonyl (C=O) groups is 1. The van der Waals surface area contributed by atoms with E-state index in [4.69, 9.17) is 0 Å². The quantitative estimate of drug-likeness (QED) is 0.583. The molecule has 6 nitrogen and oxygen atoms in total. The molecule has 0 bridgehead atoms. The van der Waals surface area contributed by atoms with E-state index < -0.39 is 33.2 Å². The number of nitrogens with zero attached hydrogens (tertiary/aromatic N) is 1. The van der Waals surface area contributed by atoms with E-state index in [-0.39, 0.29) is 27.5 Å². The summed E-state index contributed by atoms with van der Waals surface area (Å²) in [6.45, 7) is 1.63. The van der Waals surface area contributed by atoms with Gasteiger partial charge in [0.05, 0.1) is 11.0 Å². The van der Waals surface area contributed by atoms with Crippen molar-refractivity contribution in [2.24, 2.45) is 24.3 Å². The van der Waals surface area contributed by atoms with Gasteiger partial charge >= 0.3 is 6.18 Å². The number of pyridine rings is 1. The first-order chi connectivity index (χ1) is 15.8. The fourth-order valence-corrected chi connectivity index (χ4v) is 7.64. The molecule has 0 unspecified atom stereocenters. The number of sulfone groups is 1. The van der Waals surface area contributed by atoms with E-state index >= 15 is 0 Å². The summed E-state index contributed by atoms with van der Waals surface area (Å²) in [5.41, 5.74) is -2.61. The fraction of sp³-hybridized carbons (Fsp3) is 0.750. The van der Waals surface area contributed by atoms with Crippen LogP contribution in [0.15, 0.2) is 10.9 Å². The molecule has 0 atom stereocenters. The minimum Gasteiger partial charge on any atom is -0.351 e. The minimum atomic E-state index is -4.69. The van der Waals surface area contributed by atoms with Crippen LogP contribution in [0.2, 0.25) is 0 Å². The predicted molar refractivity (Wildman–Crippen MR) is 122 cm³/mol. The molecule has 3 fully saturated rings. The molecule has 1 aromatic rings. The number of halogens is 3. The first-order valence-corrected chi connectivity index (χ1v) is 13.8. The van der Waals surface area contributed by atoms with Crippen molar-refractivity contribution in [3.8, 4) is 0 Å². The maximum Gasteiger partial charge on any atom is 0.431 e. The number of nitrogens with one attached hydrogen (secondary N) is 1. The fourth-order valence-electron chi connectivity index (χ4n) is 5.42. The Morgan fingerprint density at radius 2 is 1.71 bits per heavy atom. The highest BCUT2D eigenvalue weighted by molar-refractivity contribution is 7.92. The molecular weight excluding hydrogens is 469 g/mol. The standard InChI is InChI=1S/C24H33F3N2O4S/c1-15-11-19(24(25,26)27)29(2)22(31)20(15)21(30)28-14-23(12-16-3-4-16)9-7-18(8-10-23)34(32,33)13-17-5-6-17/h11,16-18H,3-10,12-14H2,1-2H3,(H,28,30)/t18-,23+. The van der Waals surface area contributed by atoms with Crippen LogP contribution in [0.25, 0.3) is 0 Å². The molecule has 0 spiro atoms. The second kappa shape index (κ2) is 8.99. The molecule has 1 aromatic heterocycles. The summed E-state index contributed by atoms with van der Waals surface area (Å²) < 4.78 is 65.6. The van der Waals surface area contributed by atoms with Gasteiger partial charge in [0.1, 0.15) is 11.3 Å². The van der Waals surface area contributed by atoms with Crippen LogP contribution in [-0.2, 0) is 23.1 Å². The molecule has 34 heavy (non-hydrogen) atoms. The van der Waals surface area contributed by atoms with Gasteiger partial charge in [0.25, 0.3) is 11.5 Å². The number of aromatic nitrogens is 1. The van der Waals surface area contributed by atoms with Crippen molar-refractivity contribution >= 4 is 15.7 Å². The number of carbonyl (C=O) groups excluding carboxylic acids is 1. The highest BCUT2D eigenvalue weighted by Crippen LogP contribution is 2.49. The molecule has 10 heteroatoms. The lowest BCUT2D eigenvalue weighted by Gasteiger charge is -2.40. The number of amides is 1. The van der Waals surface area contributed by atoms with Crippen LogP contribution in [0, 0.1) is 24.2 Å². The normalized spacial score (nSPS) is 25.9. The van der Waals surface area contributed by atoms with E-state index in [9.17, 15) is 31.2 Å². The largest absolute Gasteiger partial charge is 0.431 e. The maximum absolute atomic E-state index is 13.2. The maximum atomic E-state index is 13.2. The van der Waals surface area contributed by atoms with Crippen LogP contribution in [0.5, 0.6) is 0 Å². The van der Waals surface area contributed by atoms with Gasteiger partial charge < -0.3 is 9.88 Å². The summed E-state index contributed by atoms with van der Waals surface area (Å²) in [5, 5.41) is 2.49. The van der Waals surface area contributed by atoms with E-state index in [2.05, 4.69) is 5.32 Å². The van der Waals surface area contributed by atoms with Gasteiger partial charge in [-0.1, -0.05) is 12.8 Å². The van der Waals surface area contributed by atoms with Crippen LogP contribution in [0.3, 0.4) is 0 Å². The molecular formula is C24H33F3N2O4S. The average Bonchev–Trinajstić information content (AvgIpc) is 3.67. The number of alkyl halides is 3. The number of aryl methyl sites for hydroxylation is 1. The third-order valence-corrected chi connectivity index (χ3v) is 10.3. The smallest absolute Gasteiger partial charge is 0.351 e. The Bertz CT molecular complexity index is 1110. The second-order valence-corrected chi connectivity index (χ2v) is 13.1. The van der Waals surface area contributed by atoms with E-state index in [0.717, 1.165) is 45.2 Å². The van der Waals surface area contributed by atoms with Gasteiger partial charge in [-0.3, -0.25) is 9.59 Å². The third-order valence-electron chi connectivity index (χ3n) is 7.85. The van der Waals surface area contributed by atoms with Gasteiger partial charge in [0, 0.05) is 13.6 Å². The van der Waals surface area contributed by atoms with Crippen molar-refractivity contribution < 1.29 is 26.4 Å². The van der Waals surface area contributed by atoms with Crippen LogP contribution >= 0.6 is 0 Å². The predicted octanol–water partition coefficient (Wildman–Crippen LogP) is 4.00. The van der Waals surface area contributed by atoms with Crippen LogP contribution in [0.1, 0.15) is 79.4 Å². The zero-order valence-corrected chi connectivity index (χ0v) is 20.5. The summed E-state index contributed by atoms with van der Waals surface area (Å²) in [5.74, 6) is 0.486. The third kappa shape index (κ3) is 5.52. The molecule has 0 radical (unpaired) electrons. The zero-order valence-electron chi connectivity index (χ0n) is 19.7. The molecule has 4 rings (SSSR count). The van der Waals surface area contributed by atoms with Gasteiger partial charge in [0.15, 0.2) is 9.84 Å². The summed E-state index contributed by atoms with van der Waals surface area (Å²) >= 11 is 0. The first kappa shape index (κ1) is 25.3. The molecule has 0 aromatic carbocycles. The van der Waals surface area contributed by atoms with E-state index in [1.165, 1.54) is 6.92 Å². The molecule has 1 N–H and O–H groups in total. The van der Waals surface area contributed by atoms with Crippen LogP contribution < -0.4 is 10.9 Å². The van der Waals surface area contributed by atoms with E-state index in [0.29, 0.717) is 48.6 Å². The Kier molecular flexibility index (Phi) is 6.68. The number of hydrogen-bond donors (Lipinski definition) is 1. The Labute approximate surface area is 198 Å². The molecule has 3 saturated carbocycles. The lowest BCUT2D eigenvalue weighted by molar-refractivity contribution is -0.143. The highest BCUT2D eigenvalue weighted by Gasteiger charge is 2.44. The number of hydrogen-bond acceptors (Lipinski definition) is 4. The van der Waals surface area contributed by atoms with E-state index in [1.54, 1.807) is 0 Å². The van der Waals surface area contributed by atoms with Crippen LogP contribution in [0.4, 0.5) is 13.2 Å². The molecule has 0 aliphatic heterocycles. The van der Waals surface area contributed by atoms with Gasteiger partial charge in [-0.15, -0.1) is 0 Å². The van der Waals surface area contributed by atoms with Gasteiger partial charge in [-0.2, -0.15) is 13.2 Å². The summed E-state index contributed by atoms with van der Waals surface area (Å²) in [7, 11) is -2.10. The first-order valence-electron chi connectivity index (χ1n) is 12.1. The van der Waals surface area contributed by atoms with Gasteiger partial charge in [-0.05, 0) is 80.8 Å². The SMILES string of the molecule is Cc1cc(C(F)(F)F)n(C)c(=O)c1C(=O)NC[C@]1(CC2CC2)CC[C@H](S(=O)(=O)CC2CC2)CC1. The average molecular weight is 503 g/mol. The molecule has 3 aliphatic rings. The summed E-state index contributed by atoms with van der Waals surface area (Å²) in [4.78, 5) is 25.5. The molecule has 190 valence electrons. The van der Waals surface area contributed by atoms with Gasteiger partial charge in [0.2, 0.25) is 0 Å². The lowest BCUT2D eigenvalue weighted by atomic mass is 9.70. The second-order valence-electron chi connectivity index (χ2n) is 10.8. The van der Waals surface area contributed by atoms with Crippen molar-refractivity contribution in [3.05, 3.63) is 33.2 Å². The molecule has 0 saturated heterocycles. The number of rotatable bonds is 8.